The Labute approximate surface area is 246 Å². The zero-order valence-electron chi connectivity index (χ0n) is 24.8. The highest BCUT2D eigenvalue weighted by molar-refractivity contribution is 5.99. The number of alkyl carbamates (subject to hydrolysis) is 1. The van der Waals surface area contributed by atoms with Crippen molar-refractivity contribution in [3.05, 3.63) is 83.9 Å². The molecule has 3 aromatic carbocycles. The molecule has 0 bridgehead atoms. The summed E-state index contributed by atoms with van der Waals surface area (Å²) in [5, 5.41) is 25.5. The molecule has 0 aliphatic heterocycles. The van der Waals surface area contributed by atoms with Crippen LogP contribution >= 0.6 is 0 Å². The predicted octanol–water partition coefficient (Wildman–Crippen LogP) is 5.16. The van der Waals surface area contributed by atoms with Crippen molar-refractivity contribution in [2.75, 3.05) is 12.4 Å². The van der Waals surface area contributed by atoms with E-state index in [2.05, 4.69) is 10.6 Å². The van der Waals surface area contributed by atoms with Gasteiger partial charge in [0, 0.05) is 18.2 Å². The van der Waals surface area contributed by atoms with Gasteiger partial charge in [0.05, 0.1) is 7.11 Å². The zero-order chi connectivity index (χ0) is 31.0. The summed E-state index contributed by atoms with van der Waals surface area (Å²) in [4.78, 5) is 42.5. The average Bonchev–Trinajstić information content (AvgIpc) is 2.91. The van der Waals surface area contributed by atoms with Crippen LogP contribution in [0.1, 0.15) is 51.8 Å². The summed E-state index contributed by atoms with van der Waals surface area (Å²) in [5.41, 5.74) is 0.719. The van der Waals surface area contributed by atoms with E-state index in [4.69, 9.17) is 9.47 Å². The fraction of sp³-hybridized carbons (Fsp3) is 0.344. The Bertz CT molecular complexity index is 1370. The van der Waals surface area contributed by atoms with Crippen molar-refractivity contribution in [2.45, 2.75) is 64.8 Å². The molecule has 0 radical (unpaired) electrons. The first-order chi connectivity index (χ1) is 19.8. The molecular weight excluding hydrogens is 538 g/mol. The fourth-order valence-corrected chi connectivity index (χ4v) is 4.40. The van der Waals surface area contributed by atoms with Gasteiger partial charge in [-0.1, -0.05) is 24.3 Å². The normalized spacial score (nSPS) is 12.6. The van der Waals surface area contributed by atoms with Crippen LogP contribution in [0.5, 0.6) is 17.2 Å². The number of amides is 3. The molecule has 10 heteroatoms. The number of anilines is 1. The van der Waals surface area contributed by atoms with E-state index in [1.54, 1.807) is 83.1 Å². The first-order valence-electron chi connectivity index (χ1n) is 13.6. The number of nitrogens with zero attached hydrogens (tertiary/aromatic N) is 1. The van der Waals surface area contributed by atoms with Crippen LogP contribution in [0.4, 0.5) is 10.5 Å². The average molecular weight is 578 g/mol. The maximum absolute atomic E-state index is 14.3. The summed E-state index contributed by atoms with van der Waals surface area (Å²) < 4.78 is 10.6. The molecular formula is C32H39N3O7. The van der Waals surface area contributed by atoms with Crippen LogP contribution in [0.15, 0.2) is 72.8 Å². The molecule has 0 fully saturated rings. The number of hydrogen-bond donors (Lipinski definition) is 4. The summed E-state index contributed by atoms with van der Waals surface area (Å²) >= 11 is 0. The van der Waals surface area contributed by atoms with Crippen LogP contribution in [0.2, 0.25) is 0 Å². The van der Waals surface area contributed by atoms with Crippen molar-refractivity contribution in [1.82, 2.24) is 10.2 Å². The number of carbonyl (C=O) groups excluding carboxylic acids is 3. The van der Waals surface area contributed by atoms with Gasteiger partial charge < -0.3 is 35.2 Å². The van der Waals surface area contributed by atoms with Crippen molar-refractivity contribution in [3.63, 3.8) is 0 Å². The van der Waals surface area contributed by atoms with Gasteiger partial charge >= 0.3 is 6.09 Å². The second-order valence-corrected chi connectivity index (χ2v) is 11.1. The van der Waals surface area contributed by atoms with Gasteiger partial charge in [-0.3, -0.25) is 9.59 Å². The zero-order valence-corrected chi connectivity index (χ0v) is 24.8. The van der Waals surface area contributed by atoms with E-state index >= 15 is 0 Å². The molecule has 2 atom stereocenters. The number of hydrogen-bond acceptors (Lipinski definition) is 7. The Morgan fingerprint density at radius 3 is 2.10 bits per heavy atom. The lowest BCUT2D eigenvalue weighted by molar-refractivity contribution is -0.142. The van der Waals surface area contributed by atoms with Crippen LogP contribution in [-0.2, 0) is 20.7 Å². The summed E-state index contributed by atoms with van der Waals surface area (Å²) in [6.07, 6.45) is -0.728. The maximum atomic E-state index is 14.3. The number of benzene rings is 3. The van der Waals surface area contributed by atoms with E-state index in [0.29, 0.717) is 22.6 Å². The van der Waals surface area contributed by atoms with Crippen LogP contribution in [0.3, 0.4) is 0 Å². The molecule has 3 amide bonds. The van der Waals surface area contributed by atoms with Crippen molar-refractivity contribution in [2.24, 2.45) is 0 Å². The van der Waals surface area contributed by atoms with Gasteiger partial charge in [0.25, 0.3) is 5.91 Å². The first kappa shape index (κ1) is 31.8. The molecule has 0 heterocycles. The molecule has 0 aliphatic rings. The molecule has 0 saturated carbocycles. The van der Waals surface area contributed by atoms with Crippen LogP contribution in [0, 0.1) is 0 Å². The van der Waals surface area contributed by atoms with Crippen molar-refractivity contribution >= 4 is 23.6 Å². The highest BCUT2D eigenvalue weighted by Crippen LogP contribution is 2.29. The third-order valence-electron chi connectivity index (χ3n) is 6.25. The van der Waals surface area contributed by atoms with Gasteiger partial charge in [0.1, 0.15) is 34.9 Å². The minimum absolute atomic E-state index is 0.0599. The number of phenolic OH excluding ortho intramolecular Hbond substituents is 2. The predicted molar refractivity (Wildman–Crippen MR) is 159 cm³/mol. The molecule has 4 N–H and O–H groups in total. The smallest absolute Gasteiger partial charge is 0.408 e. The molecule has 0 saturated heterocycles. The molecule has 224 valence electrons. The topological polar surface area (TPSA) is 137 Å². The highest BCUT2D eigenvalue weighted by atomic mass is 16.6. The van der Waals surface area contributed by atoms with Crippen LogP contribution < -0.4 is 15.4 Å². The molecule has 3 aromatic rings. The van der Waals surface area contributed by atoms with Crippen molar-refractivity contribution in [3.8, 4) is 17.2 Å². The molecule has 10 nitrogen and oxygen atoms in total. The lowest BCUT2D eigenvalue weighted by atomic mass is 9.98. The Morgan fingerprint density at radius 1 is 0.905 bits per heavy atom. The fourth-order valence-electron chi connectivity index (χ4n) is 4.40. The van der Waals surface area contributed by atoms with Crippen molar-refractivity contribution < 1.29 is 34.1 Å². The molecule has 42 heavy (non-hydrogen) atoms. The molecule has 0 aromatic heterocycles. The van der Waals surface area contributed by atoms with Crippen LogP contribution in [-0.4, -0.2) is 57.8 Å². The highest BCUT2D eigenvalue weighted by Gasteiger charge is 2.38. The Hall–Kier alpha value is -4.73. The molecule has 2 unspecified atom stereocenters. The SMILES string of the molecule is COc1ccc(NC(=O)C(c2cccc(O)c2)N(C(=O)C(Cc2ccc(O)cc2)NC(=O)OC(C)(C)C)C(C)C)cc1. The van der Waals surface area contributed by atoms with Gasteiger partial charge in [-0.25, -0.2) is 4.79 Å². The van der Waals surface area contributed by atoms with Crippen LogP contribution in [0.25, 0.3) is 0 Å². The number of ether oxygens (including phenoxy) is 2. The van der Waals surface area contributed by atoms with E-state index < -0.39 is 41.6 Å². The number of carbonyl (C=O) groups is 3. The Morgan fingerprint density at radius 2 is 1.55 bits per heavy atom. The largest absolute Gasteiger partial charge is 0.508 e. The summed E-state index contributed by atoms with van der Waals surface area (Å²) in [6.45, 7) is 8.67. The van der Waals surface area contributed by atoms with E-state index in [1.807, 2.05) is 0 Å². The minimum atomic E-state index is -1.17. The quantitative estimate of drug-likeness (QED) is 0.261. The summed E-state index contributed by atoms with van der Waals surface area (Å²) in [7, 11) is 1.54. The molecule has 0 spiro atoms. The second kappa shape index (κ2) is 13.8. The number of nitrogens with one attached hydrogen (secondary N) is 2. The molecule has 3 rings (SSSR count). The van der Waals surface area contributed by atoms with Gasteiger partial charge in [0.2, 0.25) is 5.91 Å². The third kappa shape index (κ3) is 8.89. The number of phenols is 2. The van der Waals surface area contributed by atoms with Gasteiger partial charge in [-0.05, 0) is 94.3 Å². The number of methoxy groups -OCH3 is 1. The standard InChI is InChI=1S/C32H39N3O7/c1-20(2)35(30(39)27(34-31(40)42-32(3,4)5)18-21-10-14-24(36)15-11-21)28(22-8-7-9-25(37)19-22)29(38)33-23-12-16-26(41-6)17-13-23/h7-17,19-20,27-28,36-37H,18H2,1-6H3,(H,33,38)(H,34,40). The van der Waals surface area contributed by atoms with E-state index in [0.717, 1.165) is 0 Å². The maximum Gasteiger partial charge on any atom is 0.408 e. The van der Waals surface area contributed by atoms with E-state index in [9.17, 15) is 24.6 Å². The second-order valence-electron chi connectivity index (χ2n) is 11.1. The molecule has 0 aliphatic carbocycles. The van der Waals surface area contributed by atoms with Gasteiger partial charge in [-0.15, -0.1) is 0 Å². The monoisotopic (exact) mass is 577 g/mol. The van der Waals surface area contributed by atoms with Crippen molar-refractivity contribution in [1.29, 1.82) is 0 Å². The van der Waals surface area contributed by atoms with Gasteiger partial charge in [-0.2, -0.15) is 0 Å². The van der Waals surface area contributed by atoms with E-state index in [-0.39, 0.29) is 17.9 Å². The Kier molecular flexibility index (Phi) is 10.4. The lowest BCUT2D eigenvalue weighted by Gasteiger charge is -2.37. The number of aromatic hydroxyl groups is 2. The summed E-state index contributed by atoms with van der Waals surface area (Å²) in [6, 6.07) is 16.4. The van der Waals surface area contributed by atoms with Gasteiger partial charge in [0.15, 0.2) is 0 Å². The Balaban J connectivity index is 2.04. The van der Waals surface area contributed by atoms with E-state index in [1.165, 1.54) is 36.3 Å². The number of rotatable bonds is 10. The lowest BCUT2D eigenvalue weighted by Crippen LogP contribution is -2.55. The first-order valence-corrected chi connectivity index (χ1v) is 13.6. The minimum Gasteiger partial charge on any atom is -0.508 e. The summed E-state index contributed by atoms with van der Waals surface area (Å²) in [5.74, 6) is -0.458. The third-order valence-corrected chi connectivity index (χ3v) is 6.25.